The van der Waals surface area contributed by atoms with Crippen LogP contribution in [-0.2, 0) is 14.3 Å². The second-order valence-corrected chi connectivity index (χ2v) is 10.8. The lowest BCUT2D eigenvalue weighted by Gasteiger charge is -2.33. The molecule has 33 heavy (non-hydrogen) atoms. The van der Waals surface area contributed by atoms with E-state index < -0.39 is 41.1 Å². The Hall–Kier alpha value is -3.01. The predicted octanol–water partition coefficient (Wildman–Crippen LogP) is 4.23. The van der Waals surface area contributed by atoms with Crippen molar-refractivity contribution < 1.29 is 19.1 Å². The third-order valence-corrected chi connectivity index (χ3v) is 4.55. The average Bonchev–Trinajstić information content (AvgIpc) is 2.59. The molecule has 0 aromatic heterocycles. The van der Waals surface area contributed by atoms with Crippen molar-refractivity contribution in [3.8, 4) is 12.5 Å². The zero-order valence-corrected chi connectivity index (χ0v) is 21.6. The van der Waals surface area contributed by atoms with Gasteiger partial charge >= 0.3 is 6.09 Å². The van der Waals surface area contributed by atoms with Gasteiger partial charge in [-0.1, -0.05) is 49.6 Å². The molecular weight excluding hydrogens is 418 g/mol. The Morgan fingerprint density at radius 3 is 1.91 bits per heavy atom. The summed E-state index contributed by atoms with van der Waals surface area (Å²) in [7, 11) is 0. The number of alkyl carbamates (subject to hydrolysis) is 1. The first-order chi connectivity index (χ1) is 14.9. The van der Waals surface area contributed by atoms with E-state index in [1.165, 1.54) is 0 Å². The van der Waals surface area contributed by atoms with Gasteiger partial charge in [-0.25, -0.2) is 4.79 Å². The molecule has 0 heterocycles. The summed E-state index contributed by atoms with van der Waals surface area (Å²) in [4.78, 5) is 40.5. The van der Waals surface area contributed by atoms with Gasteiger partial charge in [-0.3, -0.25) is 14.5 Å². The third kappa shape index (κ3) is 8.80. The molecule has 2 unspecified atom stereocenters. The highest BCUT2D eigenvalue weighted by Gasteiger charge is 2.38. The molecule has 3 amide bonds. The van der Waals surface area contributed by atoms with Gasteiger partial charge in [-0.15, -0.1) is 0 Å². The van der Waals surface area contributed by atoms with Gasteiger partial charge < -0.3 is 15.4 Å². The largest absolute Gasteiger partial charge is 0.444 e. The fraction of sp³-hybridized carbons (Fsp3) is 0.577. The van der Waals surface area contributed by atoms with Crippen LogP contribution in [0.3, 0.4) is 0 Å². The van der Waals surface area contributed by atoms with Crippen LogP contribution in [0.5, 0.6) is 0 Å². The Labute approximate surface area is 198 Å². The van der Waals surface area contributed by atoms with Crippen molar-refractivity contribution >= 4 is 17.9 Å². The molecule has 1 rings (SSSR count). The van der Waals surface area contributed by atoms with E-state index in [2.05, 4.69) is 16.7 Å². The van der Waals surface area contributed by atoms with Gasteiger partial charge in [0, 0.05) is 11.6 Å². The number of carbonyl (C=O) groups is 3. The SMILES string of the molecule is C#CN(C(=O)C(NC(=O)OC(C)(C)C)C(C)C)C(C(=O)NC(C)(C)C)c1cc(C)cc(C)c1. The molecule has 0 saturated carbocycles. The first-order valence-electron chi connectivity index (χ1n) is 11.1. The first-order valence-corrected chi connectivity index (χ1v) is 11.1. The molecule has 2 atom stereocenters. The normalized spacial score (nSPS) is 13.5. The van der Waals surface area contributed by atoms with Crippen LogP contribution in [0.25, 0.3) is 0 Å². The number of nitrogens with zero attached hydrogens (tertiary/aromatic N) is 1. The van der Waals surface area contributed by atoms with Crippen LogP contribution in [0.4, 0.5) is 4.79 Å². The summed E-state index contributed by atoms with van der Waals surface area (Å²) in [5, 5.41) is 5.55. The number of hydrogen-bond donors (Lipinski definition) is 2. The van der Waals surface area contributed by atoms with Gasteiger partial charge in [-0.2, -0.15) is 0 Å². The van der Waals surface area contributed by atoms with Crippen LogP contribution in [-0.4, -0.2) is 40.0 Å². The number of nitrogens with one attached hydrogen (secondary N) is 2. The zero-order valence-electron chi connectivity index (χ0n) is 21.6. The molecule has 7 nitrogen and oxygen atoms in total. The van der Waals surface area contributed by atoms with Crippen LogP contribution < -0.4 is 10.6 Å². The molecular formula is C26H39N3O4. The highest BCUT2D eigenvalue weighted by atomic mass is 16.6. The highest BCUT2D eigenvalue weighted by Crippen LogP contribution is 2.26. The lowest BCUT2D eigenvalue weighted by molar-refractivity contribution is -0.140. The lowest BCUT2D eigenvalue weighted by Crippen LogP contribution is -2.54. The van der Waals surface area contributed by atoms with Crippen molar-refractivity contribution in [2.45, 2.75) is 92.5 Å². The number of rotatable bonds is 6. The quantitative estimate of drug-likeness (QED) is 0.494. The fourth-order valence-electron chi connectivity index (χ4n) is 3.39. The summed E-state index contributed by atoms with van der Waals surface area (Å²) in [6.07, 6.45) is 5.06. The van der Waals surface area contributed by atoms with E-state index in [9.17, 15) is 14.4 Å². The summed E-state index contributed by atoms with van der Waals surface area (Å²) in [5.41, 5.74) is 1.21. The summed E-state index contributed by atoms with van der Waals surface area (Å²) in [6, 6.07) is 6.00. The number of carbonyl (C=O) groups excluding carboxylic acids is 3. The van der Waals surface area contributed by atoms with E-state index in [1.54, 1.807) is 34.6 Å². The standard InChI is InChI=1S/C26H39N3O4/c1-12-29(23(31)20(16(2)3)27-24(32)33-26(9,10)11)21(22(30)28-25(6,7)8)19-14-17(4)13-18(5)15-19/h1,13-16,20-21H,2-11H3,(H,27,32)(H,28,30). The lowest BCUT2D eigenvalue weighted by atomic mass is 9.96. The van der Waals surface area contributed by atoms with E-state index >= 15 is 0 Å². The number of aryl methyl sites for hydroxylation is 2. The summed E-state index contributed by atoms with van der Waals surface area (Å²) in [5.74, 6) is -1.27. The first kappa shape index (κ1) is 28.0. The number of benzene rings is 1. The maximum absolute atomic E-state index is 13.6. The molecule has 182 valence electrons. The Balaban J connectivity index is 3.46. The van der Waals surface area contributed by atoms with Crippen molar-refractivity contribution in [2.75, 3.05) is 0 Å². The third-order valence-electron chi connectivity index (χ3n) is 4.55. The molecule has 0 saturated heterocycles. The Morgan fingerprint density at radius 2 is 1.52 bits per heavy atom. The van der Waals surface area contributed by atoms with E-state index in [1.807, 2.05) is 52.8 Å². The van der Waals surface area contributed by atoms with E-state index in [-0.39, 0.29) is 5.92 Å². The molecule has 0 aliphatic rings. The molecule has 1 aromatic carbocycles. The van der Waals surface area contributed by atoms with Crippen molar-refractivity contribution in [1.82, 2.24) is 15.5 Å². The molecule has 0 radical (unpaired) electrons. The number of ether oxygens (including phenoxy) is 1. The number of terminal acetylenes is 1. The Morgan fingerprint density at radius 1 is 1.00 bits per heavy atom. The second kappa shape index (κ2) is 10.7. The summed E-state index contributed by atoms with van der Waals surface area (Å²) >= 11 is 0. The minimum Gasteiger partial charge on any atom is -0.444 e. The summed E-state index contributed by atoms with van der Waals surface area (Å²) < 4.78 is 5.32. The fourth-order valence-corrected chi connectivity index (χ4v) is 3.39. The van der Waals surface area contributed by atoms with E-state index in [4.69, 9.17) is 11.2 Å². The summed E-state index contributed by atoms with van der Waals surface area (Å²) in [6.45, 7) is 18.2. The average molecular weight is 458 g/mol. The molecule has 1 aromatic rings. The van der Waals surface area contributed by atoms with Crippen LogP contribution in [0, 0.1) is 32.2 Å². The maximum Gasteiger partial charge on any atom is 0.408 e. The molecule has 0 bridgehead atoms. The minimum atomic E-state index is -1.07. The zero-order chi connectivity index (χ0) is 25.7. The number of amides is 3. The molecule has 2 N–H and O–H groups in total. The molecule has 0 aliphatic heterocycles. The van der Waals surface area contributed by atoms with Gasteiger partial charge in [0.15, 0.2) is 0 Å². The van der Waals surface area contributed by atoms with Gasteiger partial charge in [0.05, 0.1) is 0 Å². The molecule has 7 heteroatoms. The second-order valence-electron chi connectivity index (χ2n) is 10.8. The predicted molar refractivity (Wildman–Crippen MR) is 130 cm³/mol. The molecule has 0 spiro atoms. The van der Waals surface area contributed by atoms with Gasteiger partial charge in [0.25, 0.3) is 5.91 Å². The van der Waals surface area contributed by atoms with Crippen LogP contribution >= 0.6 is 0 Å². The van der Waals surface area contributed by atoms with Crippen LogP contribution in [0.2, 0.25) is 0 Å². The maximum atomic E-state index is 13.6. The van der Waals surface area contributed by atoms with Gasteiger partial charge in [0.1, 0.15) is 17.7 Å². The highest BCUT2D eigenvalue weighted by molar-refractivity contribution is 5.93. The molecule has 0 fully saturated rings. The van der Waals surface area contributed by atoms with Crippen molar-refractivity contribution in [3.63, 3.8) is 0 Å². The van der Waals surface area contributed by atoms with Crippen LogP contribution in [0.15, 0.2) is 18.2 Å². The topological polar surface area (TPSA) is 87.7 Å². The van der Waals surface area contributed by atoms with Crippen molar-refractivity contribution in [2.24, 2.45) is 5.92 Å². The van der Waals surface area contributed by atoms with E-state index in [0.717, 1.165) is 16.0 Å². The monoisotopic (exact) mass is 457 g/mol. The minimum absolute atomic E-state index is 0.300. The van der Waals surface area contributed by atoms with Gasteiger partial charge in [-0.05, 0) is 66.9 Å². The smallest absolute Gasteiger partial charge is 0.408 e. The van der Waals surface area contributed by atoms with E-state index in [0.29, 0.717) is 5.56 Å². The molecule has 0 aliphatic carbocycles. The van der Waals surface area contributed by atoms with Crippen LogP contribution in [0.1, 0.15) is 78.1 Å². The number of hydrogen-bond acceptors (Lipinski definition) is 4. The van der Waals surface area contributed by atoms with Crippen molar-refractivity contribution in [1.29, 1.82) is 0 Å². The van der Waals surface area contributed by atoms with Crippen molar-refractivity contribution in [3.05, 3.63) is 34.9 Å². The Kier molecular flexibility index (Phi) is 9.12. The Bertz CT molecular complexity index is 897. The van der Waals surface area contributed by atoms with Gasteiger partial charge in [0.2, 0.25) is 5.91 Å².